The first-order chi connectivity index (χ1) is 5.66. The Balaban J connectivity index is 3.08. The van der Waals surface area contributed by atoms with E-state index in [9.17, 15) is 9.59 Å². The smallest absolute Gasteiger partial charge is 0.325 e. The molecule has 0 unspecified atom stereocenters. The van der Waals surface area contributed by atoms with Crippen LogP contribution in [0.2, 0.25) is 0 Å². The standard InChI is InChI=1S/C5H5N5O2/c6-4-8-2-1(3(11)10-4)7-5(12)9-2/h(H5,6,7,8,9,10,11,12)/i4+1,6+0,8+0,10+0. The molecular formula is C5H5N5O2. The first kappa shape index (κ1) is 6.65. The number of fused-ring (bicyclic) bond motifs is 1. The van der Waals surface area contributed by atoms with E-state index in [2.05, 4.69) is 19.9 Å². The molecule has 2 rings (SSSR count). The molecular weight excluding hydrogens is 163 g/mol. The fourth-order valence-electron chi connectivity index (χ4n) is 0.949. The molecule has 2 aromatic heterocycles. The number of H-pyrrole nitrogens is 3. The molecule has 0 fully saturated rings. The van der Waals surface area contributed by atoms with Crippen LogP contribution in [-0.4, -0.2) is 19.9 Å². The molecule has 0 spiro atoms. The first-order valence-electron chi connectivity index (χ1n) is 3.14. The van der Waals surface area contributed by atoms with Crippen molar-refractivity contribution in [1.29, 1.82) is 0 Å². The van der Waals surface area contributed by atoms with Crippen LogP contribution in [0.5, 0.6) is 0 Å². The van der Waals surface area contributed by atoms with E-state index in [-0.39, 0.29) is 17.1 Å². The van der Waals surface area contributed by atoms with Gasteiger partial charge in [0.1, 0.15) is 0 Å². The van der Waals surface area contributed by atoms with Crippen molar-refractivity contribution in [1.82, 2.24) is 19.9 Å². The van der Waals surface area contributed by atoms with Crippen LogP contribution >= 0.6 is 0 Å². The molecule has 12 heavy (non-hydrogen) atoms. The van der Waals surface area contributed by atoms with Gasteiger partial charge in [-0.15, -0.1) is 0 Å². The Hall–Kier alpha value is -2.05. The van der Waals surface area contributed by atoms with Crippen molar-refractivity contribution in [2.45, 2.75) is 0 Å². The number of nitrogens with zero attached hydrogens (tertiary/aromatic N) is 1. The minimum absolute atomic E-state index is 0.0252. The summed E-state index contributed by atoms with van der Waals surface area (Å²) >= 11 is 0. The van der Waals surface area contributed by atoms with E-state index in [0.717, 1.165) is 0 Å². The fraction of sp³-hybridized carbons (Fsp3) is 0. The number of anilines is 1. The number of nitrogens with one attached hydrogen (secondary N) is 3. The van der Waals surface area contributed by atoms with Crippen LogP contribution in [0.15, 0.2) is 9.59 Å². The van der Waals surface area contributed by atoms with E-state index < -0.39 is 11.2 Å². The van der Waals surface area contributed by atoms with E-state index in [1.807, 2.05) is 0 Å². The summed E-state index contributed by atoms with van der Waals surface area (Å²) in [6, 6.07) is 0. The maximum atomic E-state index is 11.0. The van der Waals surface area contributed by atoms with E-state index in [4.69, 9.17) is 5.73 Å². The lowest BCUT2D eigenvalue weighted by Gasteiger charge is -1.89. The minimum atomic E-state index is -0.478. The second-order valence-corrected chi connectivity index (χ2v) is 2.25. The summed E-state index contributed by atoms with van der Waals surface area (Å²) in [7, 11) is 0. The van der Waals surface area contributed by atoms with Gasteiger partial charge in [-0.2, -0.15) is 4.98 Å². The number of imidazole rings is 1. The largest absolute Gasteiger partial charge is 0.369 e. The fourth-order valence-corrected chi connectivity index (χ4v) is 0.949. The summed E-state index contributed by atoms with van der Waals surface area (Å²) in [4.78, 5) is 32.3. The molecule has 5 N–H and O–H groups in total. The van der Waals surface area contributed by atoms with Crippen LogP contribution < -0.4 is 17.0 Å². The lowest BCUT2D eigenvalue weighted by atomic mass is 10.6. The zero-order valence-corrected chi connectivity index (χ0v) is 5.84. The molecule has 0 radical (unpaired) electrons. The van der Waals surface area contributed by atoms with Crippen LogP contribution in [0.4, 0.5) is 5.95 Å². The Morgan fingerprint density at radius 1 is 1.17 bits per heavy atom. The molecule has 0 aliphatic rings. The van der Waals surface area contributed by atoms with Gasteiger partial charge in [-0.05, 0) is 0 Å². The second-order valence-electron chi connectivity index (χ2n) is 2.25. The lowest BCUT2D eigenvalue weighted by Crippen LogP contribution is -2.11. The van der Waals surface area contributed by atoms with Gasteiger partial charge in [0.05, 0.1) is 0 Å². The van der Waals surface area contributed by atoms with Gasteiger partial charge in [0.15, 0.2) is 11.2 Å². The van der Waals surface area contributed by atoms with Crippen LogP contribution in [0.3, 0.4) is 0 Å². The van der Waals surface area contributed by atoms with E-state index in [1.54, 1.807) is 0 Å². The monoisotopic (exact) mass is 168 g/mol. The summed E-state index contributed by atoms with van der Waals surface area (Å²) in [5.41, 5.74) is 4.56. The highest BCUT2D eigenvalue weighted by Gasteiger charge is 2.03. The van der Waals surface area contributed by atoms with Crippen LogP contribution in [0, 0.1) is 0 Å². The normalized spacial score (nSPS) is 10.7. The molecule has 2 aromatic rings. The molecule has 0 bridgehead atoms. The van der Waals surface area contributed by atoms with Gasteiger partial charge in [-0.3, -0.25) is 19.7 Å². The van der Waals surface area contributed by atoms with Crippen molar-refractivity contribution < 1.29 is 0 Å². The zero-order valence-electron chi connectivity index (χ0n) is 5.84. The third kappa shape index (κ3) is 0.797. The summed E-state index contributed by atoms with van der Waals surface area (Å²) in [5.74, 6) is -0.0252. The summed E-state index contributed by atoms with van der Waals surface area (Å²) in [6.45, 7) is 0. The van der Waals surface area contributed by atoms with Gasteiger partial charge in [0, 0.05) is 0 Å². The van der Waals surface area contributed by atoms with Gasteiger partial charge < -0.3 is 5.73 Å². The Morgan fingerprint density at radius 3 is 2.67 bits per heavy atom. The van der Waals surface area contributed by atoms with Gasteiger partial charge in [0.2, 0.25) is 5.95 Å². The van der Waals surface area contributed by atoms with Crippen molar-refractivity contribution in [2.24, 2.45) is 0 Å². The Labute approximate surface area is 64.6 Å². The molecule has 0 amide bonds. The zero-order chi connectivity index (χ0) is 8.72. The molecule has 2 heterocycles. The molecule has 0 aliphatic heterocycles. The van der Waals surface area contributed by atoms with Crippen molar-refractivity contribution in [3.63, 3.8) is 0 Å². The highest BCUT2D eigenvalue weighted by Crippen LogP contribution is 1.96. The van der Waals surface area contributed by atoms with Gasteiger partial charge in [-0.1, -0.05) is 0 Å². The number of aromatic amines is 3. The minimum Gasteiger partial charge on any atom is -0.369 e. The summed E-state index contributed by atoms with van der Waals surface area (Å²) in [5, 5.41) is 0. The Morgan fingerprint density at radius 2 is 1.92 bits per heavy atom. The van der Waals surface area contributed by atoms with Crippen molar-refractivity contribution in [3.05, 3.63) is 20.8 Å². The number of hydrogen-bond acceptors (Lipinski definition) is 4. The van der Waals surface area contributed by atoms with Crippen LogP contribution in [0.1, 0.15) is 0 Å². The van der Waals surface area contributed by atoms with Crippen molar-refractivity contribution in [2.75, 3.05) is 5.73 Å². The van der Waals surface area contributed by atoms with Crippen molar-refractivity contribution in [3.8, 4) is 0 Å². The van der Waals surface area contributed by atoms with E-state index in [1.165, 1.54) is 0 Å². The molecule has 62 valence electrons. The number of hydrogen-bond donors (Lipinski definition) is 4. The van der Waals surface area contributed by atoms with E-state index >= 15 is 0 Å². The first-order valence-corrected chi connectivity index (χ1v) is 3.14. The summed E-state index contributed by atoms with van der Waals surface area (Å²) in [6.07, 6.45) is 0. The number of nitrogen functional groups attached to an aromatic ring is 1. The van der Waals surface area contributed by atoms with E-state index in [0.29, 0.717) is 0 Å². The molecule has 0 aliphatic carbocycles. The van der Waals surface area contributed by atoms with Gasteiger partial charge in [0.25, 0.3) is 5.56 Å². The van der Waals surface area contributed by atoms with Crippen LogP contribution in [-0.2, 0) is 0 Å². The molecule has 7 nitrogen and oxygen atoms in total. The van der Waals surface area contributed by atoms with Crippen LogP contribution in [0.25, 0.3) is 11.2 Å². The maximum Gasteiger partial charge on any atom is 0.325 e. The number of rotatable bonds is 0. The third-order valence-electron chi connectivity index (χ3n) is 1.41. The Kier molecular flexibility index (Phi) is 1.09. The maximum absolute atomic E-state index is 11.0. The highest BCUT2D eigenvalue weighted by molar-refractivity contribution is 5.69. The number of aromatic nitrogens is 4. The molecule has 0 saturated carbocycles. The molecule has 0 saturated heterocycles. The van der Waals surface area contributed by atoms with Gasteiger partial charge >= 0.3 is 5.69 Å². The Bertz CT molecular complexity index is 532. The van der Waals surface area contributed by atoms with Crippen molar-refractivity contribution >= 4 is 17.1 Å². The topological polar surface area (TPSA) is 120 Å². The summed E-state index contributed by atoms with van der Waals surface area (Å²) < 4.78 is 0. The highest BCUT2D eigenvalue weighted by atomic mass is 16.1. The predicted octanol–water partition coefficient (Wildman–Crippen LogP) is -1.48. The van der Waals surface area contributed by atoms with Gasteiger partial charge in [-0.25, -0.2) is 4.79 Å². The molecule has 0 aromatic carbocycles. The molecule has 0 atom stereocenters. The average molecular weight is 168 g/mol. The third-order valence-corrected chi connectivity index (χ3v) is 1.41. The second kappa shape index (κ2) is 1.97. The lowest BCUT2D eigenvalue weighted by molar-refractivity contribution is 1.17. The predicted molar refractivity (Wildman–Crippen MR) is 41.7 cm³/mol. The SMILES string of the molecule is [14NH2][13c]1[14n]c2[nH]c(=O)[nH]c2c(=O)[14nH]1. The number of nitrogens with two attached hydrogens (primary N) is 1. The quantitative estimate of drug-likeness (QED) is 0.383. The molecule has 7 heteroatoms. The average Bonchev–Trinajstić information content (AvgIpc) is 2.29.